The van der Waals surface area contributed by atoms with Crippen molar-refractivity contribution < 1.29 is 31.9 Å². The number of hydrogen-bond donors (Lipinski definition) is 4. The number of phenols is 2. The molecule has 0 aliphatic carbocycles. The minimum atomic E-state index is -4.77. The van der Waals surface area contributed by atoms with Crippen LogP contribution in [-0.2, 0) is 21.2 Å². The Hall–Kier alpha value is -1.16. The van der Waals surface area contributed by atoms with E-state index in [0.717, 1.165) is 0 Å². The van der Waals surface area contributed by atoms with Gasteiger partial charge in [-0.15, -0.1) is 0 Å². The molecule has 0 bridgehead atoms. The summed E-state index contributed by atoms with van der Waals surface area (Å²) in [6.45, 7) is 0. The van der Waals surface area contributed by atoms with Crippen LogP contribution in [0.4, 0.5) is 0 Å². The molecule has 1 aromatic carbocycles. The monoisotopic (exact) mass is 254 g/mol. The third-order valence-corrected chi connectivity index (χ3v) is 3.01. The zero-order chi connectivity index (χ0) is 11.8. The molecule has 0 saturated heterocycles. The second-order valence-electron chi connectivity index (χ2n) is 2.51. The van der Waals surface area contributed by atoms with E-state index in [1.54, 1.807) is 0 Å². The Morgan fingerprint density at radius 1 is 1.20 bits per heavy atom. The first kappa shape index (κ1) is 11.9. The highest BCUT2D eigenvalue weighted by atomic mass is 32.2. The van der Waals surface area contributed by atoms with Gasteiger partial charge in [0, 0.05) is 6.07 Å². The van der Waals surface area contributed by atoms with E-state index < -0.39 is 42.5 Å². The fourth-order valence-electron chi connectivity index (χ4n) is 0.866. The van der Waals surface area contributed by atoms with Crippen LogP contribution in [0.15, 0.2) is 21.9 Å². The molecule has 1 atom stereocenters. The summed E-state index contributed by atoms with van der Waals surface area (Å²) in [6, 6.07) is 1.29. The molecule has 0 heterocycles. The number of benzene rings is 1. The highest BCUT2D eigenvalue weighted by Gasteiger charge is 2.21. The highest BCUT2D eigenvalue weighted by Crippen LogP contribution is 2.34. The summed E-state index contributed by atoms with van der Waals surface area (Å²) >= 11 is -2.54. The van der Waals surface area contributed by atoms with Gasteiger partial charge in [-0.05, 0) is 6.07 Å². The molecule has 84 valence electrons. The highest BCUT2D eigenvalue weighted by molar-refractivity contribution is 7.86. The van der Waals surface area contributed by atoms with Crippen molar-refractivity contribution in [3.05, 3.63) is 12.1 Å². The maximum atomic E-state index is 10.7. The van der Waals surface area contributed by atoms with Crippen LogP contribution in [0.25, 0.3) is 0 Å². The normalized spacial score (nSPS) is 13.7. The van der Waals surface area contributed by atoms with Crippen molar-refractivity contribution in [2.45, 2.75) is 9.79 Å². The Labute approximate surface area is 87.0 Å². The lowest BCUT2D eigenvalue weighted by Gasteiger charge is -2.04. The van der Waals surface area contributed by atoms with E-state index in [-0.39, 0.29) is 0 Å². The van der Waals surface area contributed by atoms with Gasteiger partial charge in [-0.1, -0.05) is 0 Å². The van der Waals surface area contributed by atoms with Gasteiger partial charge in [-0.3, -0.25) is 4.55 Å². The van der Waals surface area contributed by atoms with Crippen LogP contribution in [0, 0.1) is 0 Å². The molecule has 7 nitrogen and oxygen atoms in total. The van der Waals surface area contributed by atoms with Crippen LogP contribution in [0.2, 0.25) is 0 Å². The zero-order valence-corrected chi connectivity index (χ0v) is 8.62. The van der Waals surface area contributed by atoms with Crippen LogP contribution >= 0.6 is 0 Å². The Morgan fingerprint density at radius 2 is 1.73 bits per heavy atom. The molecule has 0 radical (unpaired) electrons. The second-order valence-corrected chi connectivity index (χ2v) is 4.87. The Balaban J connectivity index is 3.59. The van der Waals surface area contributed by atoms with Crippen molar-refractivity contribution in [2.75, 3.05) is 0 Å². The predicted octanol–water partition coefficient (Wildman–Crippen LogP) is -0.0749. The third-order valence-electron chi connectivity index (χ3n) is 1.51. The quantitative estimate of drug-likeness (QED) is 0.330. The molecule has 1 rings (SSSR count). The lowest BCUT2D eigenvalue weighted by Crippen LogP contribution is -2.00. The summed E-state index contributed by atoms with van der Waals surface area (Å²) < 4.78 is 49.2. The lowest BCUT2D eigenvalue weighted by atomic mass is 10.3. The molecular formula is C6H6O7S2. The molecule has 1 unspecified atom stereocenters. The first-order chi connectivity index (χ1) is 6.73. The van der Waals surface area contributed by atoms with Crippen LogP contribution in [0.5, 0.6) is 11.5 Å². The van der Waals surface area contributed by atoms with Gasteiger partial charge < -0.3 is 14.8 Å². The van der Waals surface area contributed by atoms with Crippen molar-refractivity contribution in [3.63, 3.8) is 0 Å². The topological polar surface area (TPSA) is 132 Å². The molecule has 0 aliphatic heterocycles. The minimum Gasteiger partial charge on any atom is -0.504 e. The van der Waals surface area contributed by atoms with E-state index in [1.165, 1.54) is 0 Å². The predicted molar refractivity (Wildman–Crippen MR) is 48.6 cm³/mol. The molecule has 0 amide bonds. The van der Waals surface area contributed by atoms with Gasteiger partial charge in [0.1, 0.15) is 4.90 Å². The SMILES string of the molecule is O=S(O)c1cc(O)c(O)c(S(=O)(=O)O)c1. The van der Waals surface area contributed by atoms with E-state index in [2.05, 4.69) is 0 Å². The summed E-state index contributed by atoms with van der Waals surface area (Å²) in [5, 5.41) is 18.1. The first-order valence-corrected chi connectivity index (χ1v) is 5.92. The second kappa shape index (κ2) is 3.77. The van der Waals surface area contributed by atoms with Gasteiger partial charge in [-0.25, -0.2) is 4.21 Å². The van der Waals surface area contributed by atoms with Crippen LogP contribution < -0.4 is 0 Å². The van der Waals surface area contributed by atoms with Crippen LogP contribution in [-0.4, -0.2) is 31.9 Å². The Morgan fingerprint density at radius 3 is 2.13 bits per heavy atom. The van der Waals surface area contributed by atoms with Gasteiger partial charge in [0.15, 0.2) is 22.6 Å². The summed E-state index contributed by atoms with van der Waals surface area (Å²) in [5.41, 5.74) is 0. The number of aromatic hydroxyl groups is 2. The molecule has 0 aromatic heterocycles. The fourth-order valence-corrected chi connectivity index (χ4v) is 2.00. The van der Waals surface area contributed by atoms with E-state index in [4.69, 9.17) is 19.3 Å². The number of hydrogen-bond acceptors (Lipinski definition) is 5. The fraction of sp³-hybridized carbons (Fsp3) is 0. The molecule has 15 heavy (non-hydrogen) atoms. The van der Waals surface area contributed by atoms with Crippen molar-refractivity contribution in [3.8, 4) is 11.5 Å². The summed E-state index contributed by atoms with van der Waals surface area (Å²) in [5.74, 6) is -1.99. The van der Waals surface area contributed by atoms with Crippen molar-refractivity contribution in [2.24, 2.45) is 0 Å². The van der Waals surface area contributed by atoms with Gasteiger partial charge in [0.25, 0.3) is 10.1 Å². The number of phenolic OH excluding ortho intramolecular Hbond substituents is 2. The molecule has 4 N–H and O–H groups in total. The maximum absolute atomic E-state index is 10.7. The zero-order valence-electron chi connectivity index (χ0n) is 6.98. The van der Waals surface area contributed by atoms with Gasteiger partial charge >= 0.3 is 0 Å². The van der Waals surface area contributed by atoms with Crippen molar-refractivity contribution in [1.82, 2.24) is 0 Å². The van der Waals surface area contributed by atoms with E-state index in [0.29, 0.717) is 12.1 Å². The van der Waals surface area contributed by atoms with Crippen LogP contribution in [0.3, 0.4) is 0 Å². The lowest BCUT2D eigenvalue weighted by molar-refractivity contribution is 0.387. The van der Waals surface area contributed by atoms with Crippen molar-refractivity contribution >= 4 is 21.2 Å². The van der Waals surface area contributed by atoms with Gasteiger partial charge in [-0.2, -0.15) is 8.42 Å². The number of rotatable bonds is 2. The van der Waals surface area contributed by atoms with Gasteiger partial charge in [0.2, 0.25) is 0 Å². The Bertz CT molecular complexity index is 519. The smallest absolute Gasteiger partial charge is 0.298 e. The average Bonchev–Trinajstić information content (AvgIpc) is 2.06. The molecular weight excluding hydrogens is 248 g/mol. The molecule has 9 heteroatoms. The molecule has 0 saturated carbocycles. The van der Waals surface area contributed by atoms with Crippen LogP contribution in [0.1, 0.15) is 0 Å². The van der Waals surface area contributed by atoms with Crippen molar-refractivity contribution in [1.29, 1.82) is 0 Å². The molecule has 0 spiro atoms. The molecule has 0 fully saturated rings. The van der Waals surface area contributed by atoms with E-state index >= 15 is 0 Å². The molecule has 0 aliphatic rings. The summed E-state index contributed by atoms with van der Waals surface area (Å²) in [7, 11) is -4.77. The first-order valence-electron chi connectivity index (χ1n) is 3.38. The molecule has 1 aromatic rings. The third kappa shape index (κ3) is 2.45. The minimum absolute atomic E-state index is 0.460. The standard InChI is InChI=1S/C6H6O7S2/c7-4-1-3(14(9)10)2-5(6(4)8)15(11,12)13/h1-2,7-8H,(H,9,10)(H,11,12,13). The van der Waals surface area contributed by atoms with E-state index in [1.807, 2.05) is 0 Å². The maximum Gasteiger partial charge on any atom is 0.298 e. The largest absolute Gasteiger partial charge is 0.504 e. The summed E-state index contributed by atoms with van der Waals surface area (Å²) in [4.78, 5) is -1.49. The summed E-state index contributed by atoms with van der Waals surface area (Å²) in [6.07, 6.45) is 0. The van der Waals surface area contributed by atoms with E-state index in [9.17, 15) is 12.6 Å². The average molecular weight is 254 g/mol. The van der Waals surface area contributed by atoms with Gasteiger partial charge in [0.05, 0.1) is 4.90 Å². The Kier molecular flexibility index (Phi) is 3.00.